The van der Waals surface area contributed by atoms with E-state index in [0.29, 0.717) is 13.1 Å². The highest BCUT2D eigenvalue weighted by Crippen LogP contribution is 2.27. The van der Waals surface area contributed by atoms with Crippen molar-refractivity contribution in [1.29, 1.82) is 0 Å². The molecule has 1 amide bonds. The standard InChI is InChI=1S/C18H18F2N2O2/c19-13-6-7-14(15(20)10-13)16(23)11-22-9-8-21-18(24)17(22)12-4-2-1-3-5-12/h1-7,10,16-17,23H,8-9,11H2,(H,21,24). The number of halogens is 2. The Kier molecular flexibility index (Phi) is 4.87. The van der Waals surface area contributed by atoms with Crippen molar-refractivity contribution < 1.29 is 18.7 Å². The maximum atomic E-state index is 13.9. The van der Waals surface area contributed by atoms with Crippen LogP contribution in [0.15, 0.2) is 48.5 Å². The summed E-state index contributed by atoms with van der Waals surface area (Å²) >= 11 is 0. The van der Waals surface area contributed by atoms with Gasteiger partial charge in [-0.25, -0.2) is 8.78 Å². The molecule has 2 aromatic rings. The zero-order valence-electron chi connectivity index (χ0n) is 13.0. The Bertz CT molecular complexity index is 724. The Balaban J connectivity index is 1.82. The summed E-state index contributed by atoms with van der Waals surface area (Å²) in [6.45, 7) is 1.07. The average molecular weight is 332 g/mol. The number of hydrogen-bond acceptors (Lipinski definition) is 3. The fraction of sp³-hybridized carbons (Fsp3) is 0.278. The summed E-state index contributed by atoms with van der Waals surface area (Å²) in [6.07, 6.45) is -1.15. The first kappa shape index (κ1) is 16.5. The highest BCUT2D eigenvalue weighted by Gasteiger charge is 2.32. The molecule has 6 heteroatoms. The predicted octanol–water partition coefficient (Wildman–Crippen LogP) is 2.17. The van der Waals surface area contributed by atoms with Crippen LogP contribution in [0.5, 0.6) is 0 Å². The lowest BCUT2D eigenvalue weighted by atomic mass is 10.0. The van der Waals surface area contributed by atoms with Gasteiger partial charge in [-0.15, -0.1) is 0 Å². The van der Waals surface area contributed by atoms with Crippen LogP contribution < -0.4 is 5.32 Å². The normalized spacial score (nSPS) is 19.8. The number of aliphatic hydroxyl groups is 1. The Morgan fingerprint density at radius 2 is 1.96 bits per heavy atom. The average Bonchev–Trinajstić information content (AvgIpc) is 2.55. The first-order valence-corrected chi connectivity index (χ1v) is 7.76. The van der Waals surface area contributed by atoms with E-state index in [1.54, 1.807) is 0 Å². The first-order chi connectivity index (χ1) is 11.6. The molecule has 3 rings (SSSR count). The second-order valence-electron chi connectivity index (χ2n) is 5.78. The second-order valence-corrected chi connectivity index (χ2v) is 5.78. The molecular formula is C18H18F2N2O2. The highest BCUT2D eigenvalue weighted by molar-refractivity contribution is 5.83. The lowest BCUT2D eigenvalue weighted by Gasteiger charge is -2.36. The van der Waals surface area contributed by atoms with E-state index in [9.17, 15) is 18.7 Å². The van der Waals surface area contributed by atoms with Crippen molar-refractivity contribution in [3.63, 3.8) is 0 Å². The fourth-order valence-electron chi connectivity index (χ4n) is 3.00. The van der Waals surface area contributed by atoms with Crippen molar-refractivity contribution >= 4 is 5.91 Å². The van der Waals surface area contributed by atoms with E-state index >= 15 is 0 Å². The van der Waals surface area contributed by atoms with Crippen LogP contribution in [0.3, 0.4) is 0 Å². The molecule has 0 bridgehead atoms. The van der Waals surface area contributed by atoms with Crippen molar-refractivity contribution in [2.45, 2.75) is 12.1 Å². The van der Waals surface area contributed by atoms with E-state index in [1.807, 2.05) is 35.2 Å². The van der Waals surface area contributed by atoms with Crippen LogP contribution in [-0.4, -0.2) is 35.5 Å². The molecule has 0 aliphatic carbocycles. The Hall–Kier alpha value is -2.31. The molecule has 1 aliphatic heterocycles. The molecule has 2 unspecified atom stereocenters. The minimum absolute atomic E-state index is 0.0224. The molecule has 2 N–H and O–H groups in total. The van der Waals surface area contributed by atoms with Crippen LogP contribution in [0.25, 0.3) is 0 Å². The molecule has 4 nitrogen and oxygen atoms in total. The quantitative estimate of drug-likeness (QED) is 0.902. The number of hydrogen-bond donors (Lipinski definition) is 2. The van der Waals surface area contributed by atoms with E-state index in [1.165, 1.54) is 6.07 Å². The van der Waals surface area contributed by atoms with Gasteiger partial charge in [0, 0.05) is 31.3 Å². The molecule has 126 valence electrons. The van der Waals surface area contributed by atoms with Gasteiger partial charge in [0.1, 0.15) is 17.7 Å². The molecule has 0 aromatic heterocycles. The number of benzene rings is 2. The van der Waals surface area contributed by atoms with Gasteiger partial charge in [-0.1, -0.05) is 36.4 Å². The summed E-state index contributed by atoms with van der Waals surface area (Å²) in [7, 11) is 0. The Morgan fingerprint density at radius 1 is 1.21 bits per heavy atom. The van der Waals surface area contributed by atoms with Crippen molar-refractivity contribution in [1.82, 2.24) is 10.2 Å². The van der Waals surface area contributed by atoms with Gasteiger partial charge in [-0.05, 0) is 11.6 Å². The SMILES string of the molecule is O=C1NCCN(CC(O)c2ccc(F)cc2F)C1c1ccccc1. The van der Waals surface area contributed by atoms with Gasteiger partial charge in [0.05, 0.1) is 6.10 Å². The van der Waals surface area contributed by atoms with Crippen molar-refractivity contribution in [3.8, 4) is 0 Å². The lowest BCUT2D eigenvalue weighted by molar-refractivity contribution is -0.130. The molecule has 0 saturated carbocycles. The molecule has 0 spiro atoms. The number of piperazine rings is 1. The number of nitrogens with zero attached hydrogens (tertiary/aromatic N) is 1. The summed E-state index contributed by atoms with van der Waals surface area (Å²) in [5.74, 6) is -1.64. The number of amides is 1. The van der Waals surface area contributed by atoms with E-state index in [4.69, 9.17) is 0 Å². The monoisotopic (exact) mass is 332 g/mol. The number of rotatable bonds is 4. The summed E-state index contributed by atoms with van der Waals surface area (Å²) < 4.78 is 26.9. The fourth-order valence-corrected chi connectivity index (χ4v) is 3.00. The number of nitrogens with one attached hydrogen (secondary N) is 1. The maximum Gasteiger partial charge on any atom is 0.242 e. The summed E-state index contributed by atoms with van der Waals surface area (Å²) in [5.41, 5.74) is 0.829. The van der Waals surface area contributed by atoms with E-state index in [-0.39, 0.29) is 18.0 Å². The zero-order valence-corrected chi connectivity index (χ0v) is 13.0. The summed E-state index contributed by atoms with van der Waals surface area (Å²) in [6, 6.07) is 11.8. The van der Waals surface area contributed by atoms with Crippen LogP contribution in [0.2, 0.25) is 0 Å². The van der Waals surface area contributed by atoms with Gasteiger partial charge in [-0.3, -0.25) is 9.69 Å². The van der Waals surface area contributed by atoms with Crippen LogP contribution >= 0.6 is 0 Å². The number of aliphatic hydroxyl groups excluding tert-OH is 1. The van der Waals surface area contributed by atoms with E-state index < -0.39 is 23.8 Å². The van der Waals surface area contributed by atoms with E-state index in [0.717, 1.165) is 17.7 Å². The number of carbonyl (C=O) groups is 1. The van der Waals surface area contributed by atoms with Gasteiger partial charge in [0.15, 0.2) is 0 Å². The predicted molar refractivity (Wildman–Crippen MR) is 85.1 cm³/mol. The van der Waals surface area contributed by atoms with Gasteiger partial charge < -0.3 is 10.4 Å². The Labute approximate surface area is 138 Å². The van der Waals surface area contributed by atoms with Gasteiger partial charge in [0.2, 0.25) is 5.91 Å². The number of β-amino-alcohol motifs (C(OH)–C–C–N with tert-alkyl or cyclic N) is 1. The lowest BCUT2D eigenvalue weighted by Crippen LogP contribution is -2.51. The third kappa shape index (κ3) is 3.44. The molecule has 2 aromatic carbocycles. The van der Waals surface area contributed by atoms with Crippen molar-refractivity contribution in [2.75, 3.05) is 19.6 Å². The smallest absolute Gasteiger partial charge is 0.242 e. The summed E-state index contributed by atoms with van der Waals surface area (Å²) in [4.78, 5) is 14.1. The van der Waals surface area contributed by atoms with Crippen molar-refractivity contribution in [3.05, 3.63) is 71.3 Å². The van der Waals surface area contributed by atoms with Crippen LogP contribution in [-0.2, 0) is 4.79 Å². The molecule has 24 heavy (non-hydrogen) atoms. The molecular weight excluding hydrogens is 314 g/mol. The van der Waals surface area contributed by atoms with Crippen LogP contribution in [0, 0.1) is 11.6 Å². The first-order valence-electron chi connectivity index (χ1n) is 7.76. The van der Waals surface area contributed by atoms with Gasteiger partial charge in [0.25, 0.3) is 0 Å². The minimum atomic E-state index is -1.15. The molecule has 1 fully saturated rings. The largest absolute Gasteiger partial charge is 0.387 e. The summed E-state index contributed by atoms with van der Waals surface area (Å²) in [5, 5.41) is 13.2. The third-order valence-corrected chi connectivity index (χ3v) is 4.16. The molecule has 0 radical (unpaired) electrons. The maximum absolute atomic E-state index is 13.9. The minimum Gasteiger partial charge on any atom is -0.387 e. The van der Waals surface area contributed by atoms with E-state index in [2.05, 4.69) is 5.32 Å². The second kappa shape index (κ2) is 7.07. The highest BCUT2D eigenvalue weighted by atomic mass is 19.1. The molecule has 2 atom stereocenters. The van der Waals surface area contributed by atoms with Crippen LogP contribution in [0.1, 0.15) is 23.3 Å². The third-order valence-electron chi connectivity index (χ3n) is 4.16. The van der Waals surface area contributed by atoms with Gasteiger partial charge in [-0.2, -0.15) is 0 Å². The van der Waals surface area contributed by atoms with Gasteiger partial charge >= 0.3 is 0 Å². The molecule has 1 heterocycles. The molecule has 1 saturated heterocycles. The zero-order chi connectivity index (χ0) is 17.1. The van der Waals surface area contributed by atoms with Crippen molar-refractivity contribution in [2.24, 2.45) is 0 Å². The number of carbonyl (C=O) groups excluding carboxylic acids is 1. The Morgan fingerprint density at radius 3 is 2.67 bits per heavy atom. The van der Waals surface area contributed by atoms with Crippen LogP contribution in [0.4, 0.5) is 8.78 Å². The topological polar surface area (TPSA) is 52.6 Å². The molecule has 1 aliphatic rings.